The Kier molecular flexibility index (Phi) is 7.16. The molecular weight excluding hydrogens is 362 g/mol. The molecule has 9 nitrogen and oxygen atoms in total. The smallest absolute Gasteiger partial charge is 0.274 e. The minimum atomic E-state index is -0.318. The van der Waals surface area contributed by atoms with Gasteiger partial charge in [-0.1, -0.05) is 0 Å². The molecule has 0 saturated carbocycles. The molecule has 0 radical (unpaired) electrons. The van der Waals surface area contributed by atoms with Gasteiger partial charge in [0.15, 0.2) is 0 Å². The van der Waals surface area contributed by atoms with E-state index >= 15 is 0 Å². The van der Waals surface area contributed by atoms with E-state index in [-0.39, 0.29) is 29.0 Å². The largest absolute Gasteiger partial charge is 0.383 e. The molecule has 0 aliphatic carbocycles. The molecule has 2 aliphatic rings. The van der Waals surface area contributed by atoms with Gasteiger partial charge in [-0.05, 0) is 38.3 Å². The second kappa shape index (κ2) is 9.79. The van der Waals surface area contributed by atoms with Gasteiger partial charge in [0, 0.05) is 45.4 Å². The van der Waals surface area contributed by atoms with Crippen molar-refractivity contribution in [3.05, 3.63) is 28.2 Å². The minimum absolute atomic E-state index is 0.0237. The summed E-state index contributed by atoms with van der Waals surface area (Å²) in [5.41, 5.74) is -0.0509. The van der Waals surface area contributed by atoms with Gasteiger partial charge < -0.3 is 15.0 Å². The topological polar surface area (TPSA) is 108 Å². The maximum atomic E-state index is 12.5. The van der Waals surface area contributed by atoms with Gasteiger partial charge in [-0.25, -0.2) is 5.10 Å². The van der Waals surface area contributed by atoms with Crippen LogP contribution < -0.4 is 10.9 Å². The van der Waals surface area contributed by atoms with Crippen LogP contribution in [0, 0.1) is 5.92 Å². The van der Waals surface area contributed by atoms with Crippen molar-refractivity contribution in [2.75, 3.05) is 46.4 Å². The molecule has 3 heterocycles. The number of ether oxygens (including phenoxy) is 1. The van der Waals surface area contributed by atoms with Crippen LogP contribution in [-0.2, 0) is 9.53 Å². The first-order valence-corrected chi connectivity index (χ1v) is 9.94. The van der Waals surface area contributed by atoms with Crippen molar-refractivity contribution in [3.8, 4) is 0 Å². The summed E-state index contributed by atoms with van der Waals surface area (Å²) >= 11 is 0. The average molecular weight is 391 g/mol. The zero-order chi connectivity index (χ0) is 19.9. The van der Waals surface area contributed by atoms with E-state index in [4.69, 9.17) is 4.74 Å². The normalized spacial score (nSPS) is 21.5. The summed E-state index contributed by atoms with van der Waals surface area (Å²) in [5.74, 6) is -0.0159. The first-order valence-electron chi connectivity index (χ1n) is 9.94. The van der Waals surface area contributed by atoms with E-state index in [1.54, 1.807) is 12.0 Å². The van der Waals surface area contributed by atoms with E-state index in [0.29, 0.717) is 32.3 Å². The maximum absolute atomic E-state index is 12.5. The van der Waals surface area contributed by atoms with Crippen molar-refractivity contribution in [2.45, 2.75) is 31.7 Å². The molecule has 9 heteroatoms. The number of nitrogens with one attached hydrogen (secondary N) is 2. The fraction of sp³-hybridized carbons (Fsp3) is 0.684. The van der Waals surface area contributed by atoms with Crippen molar-refractivity contribution in [1.29, 1.82) is 0 Å². The zero-order valence-corrected chi connectivity index (χ0v) is 16.4. The van der Waals surface area contributed by atoms with Gasteiger partial charge in [0.05, 0.1) is 12.5 Å². The second-order valence-electron chi connectivity index (χ2n) is 7.45. The third kappa shape index (κ3) is 5.17. The molecule has 154 valence electrons. The number of rotatable bonds is 6. The number of amides is 2. The number of carbonyl (C=O) groups excluding carboxylic acids is 2. The Morgan fingerprint density at radius 1 is 1.25 bits per heavy atom. The highest BCUT2D eigenvalue weighted by molar-refractivity contribution is 5.92. The van der Waals surface area contributed by atoms with Gasteiger partial charge in [-0.3, -0.25) is 19.3 Å². The van der Waals surface area contributed by atoms with Crippen LogP contribution in [0.2, 0.25) is 0 Å². The third-order valence-corrected chi connectivity index (χ3v) is 5.60. The Hall–Kier alpha value is -2.26. The zero-order valence-electron chi connectivity index (χ0n) is 16.4. The summed E-state index contributed by atoms with van der Waals surface area (Å²) in [6.07, 6.45) is 3.70. The molecule has 2 N–H and O–H groups in total. The highest BCUT2D eigenvalue weighted by Crippen LogP contribution is 2.24. The monoisotopic (exact) mass is 391 g/mol. The summed E-state index contributed by atoms with van der Waals surface area (Å²) in [5, 5.41) is 9.08. The summed E-state index contributed by atoms with van der Waals surface area (Å²) in [6, 6.07) is 3.17. The predicted molar refractivity (Wildman–Crippen MR) is 103 cm³/mol. The fourth-order valence-corrected chi connectivity index (χ4v) is 4.03. The van der Waals surface area contributed by atoms with Crippen molar-refractivity contribution >= 4 is 11.8 Å². The number of methoxy groups -OCH3 is 1. The molecule has 2 saturated heterocycles. The van der Waals surface area contributed by atoms with Gasteiger partial charge in [0.25, 0.3) is 11.5 Å². The van der Waals surface area contributed by atoms with E-state index < -0.39 is 0 Å². The standard InChI is InChI=1S/C19H29N5O4/c1-28-12-8-20-18(26)14-3-2-9-24(13-14)15-6-10-23(11-7-15)19(27)16-4-5-17(25)22-21-16/h4-5,14-15H,2-3,6-13H2,1H3,(H,20,26)(H,22,25)/t14-/m0/s1. The van der Waals surface area contributed by atoms with E-state index in [1.165, 1.54) is 12.1 Å². The first-order chi connectivity index (χ1) is 13.6. The van der Waals surface area contributed by atoms with Crippen molar-refractivity contribution < 1.29 is 14.3 Å². The lowest BCUT2D eigenvalue weighted by Crippen LogP contribution is -2.51. The Morgan fingerprint density at radius 2 is 2.04 bits per heavy atom. The van der Waals surface area contributed by atoms with E-state index in [0.717, 1.165) is 38.8 Å². The molecule has 0 bridgehead atoms. The summed E-state index contributed by atoms with van der Waals surface area (Å²) in [4.78, 5) is 40.2. The van der Waals surface area contributed by atoms with Crippen LogP contribution in [-0.4, -0.2) is 84.3 Å². The van der Waals surface area contributed by atoms with E-state index in [9.17, 15) is 14.4 Å². The Balaban J connectivity index is 1.48. The molecule has 0 unspecified atom stereocenters. The number of hydrogen-bond donors (Lipinski definition) is 2. The van der Waals surface area contributed by atoms with Crippen molar-refractivity contribution in [3.63, 3.8) is 0 Å². The molecule has 2 aliphatic heterocycles. The minimum Gasteiger partial charge on any atom is -0.383 e. The first kappa shape index (κ1) is 20.5. The summed E-state index contributed by atoms with van der Waals surface area (Å²) in [6.45, 7) is 4.17. The fourth-order valence-electron chi connectivity index (χ4n) is 4.03. The molecule has 3 rings (SSSR count). The number of carbonyl (C=O) groups is 2. The molecule has 0 aromatic carbocycles. The number of likely N-dealkylation sites (tertiary alicyclic amines) is 2. The molecule has 2 fully saturated rings. The Morgan fingerprint density at radius 3 is 2.71 bits per heavy atom. The summed E-state index contributed by atoms with van der Waals surface area (Å²) in [7, 11) is 1.62. The molecule has 1 aromatic rings. The highest BCUT2D eigenvalue weighted by atomic mass is 16.5. The van der Waals surface area contributed by atoms with Crippen LogP contribution in [0.5, 0.6) is 0 Å². The molecule has 0 spiro atoms. The quantitative estimate of drug-likeness (QED) is 0.653. The second-order valence-corrected chi connectivity index (χ2v) is 7.45. The van der Waals surface area contributed by atoms with Crippen molar-refractivity contribution in [2.24, 2.45) is 5.92 Å². The number of hydrogen-bond acceptors (Lipinski definition) is 6. The number of H-pyrrole nitrogens is 1. The van der Waals surface area contributed by atoms with Crippen LogP contribution in [0.25, 0.3) is 0 Å². The lowest BCUT2D eigenvalue weighted by atomic mass is 9.93. The molecular formula is C19H29N5O4. The van der Waals surface area contributed by atoms with Crippen LogP contribution in [0.3, 0.4) is 0 Å². The van der Waals surface area contributed by atoms with Crippen LogP contribution in [0.15, 0.2) is 16.9 Å². The van der Waals surface area contributed by atoms with Gasteiger partial charge >= 0.3 is 0 Å². The average Bonchev–Trinajstić information content (AvgIpc) is 2.74. The molecule has 28 heavy (non-hydrogen) atoms. The Bertz CT molecular complexity index is 709. The highest BCUT2D eigenvalue weighted by Gasteiger charge is 2.32. The third-order valence-electron chi connectivity index (χ3n) is 5.60. The van der Waals surface area contributed by atoms with E-state index in [2.05, 4.69) is 20.4 Å². The molecule has 2 amide bonds. The number of piperidine rings is 2. The lowest BCUT2D eigenvalue weighted by molar-refractivity contribution is -0.127. The number of aromatic nitrogens is 2. The Labute approximate surface area is 164 Å². The number of aromatic amines is 1. The number of nitrogens with zero attached hydrogens (tertiary/aromatic N) is 3. The molecule has 1 atom stereocenters. The van der Waals surface area contributed by atoms with Crippen molar-refractivity contribution in [1.82, 2.24) is 25.3 Å². The van der Waals surface area contributed by atoms with E-state index in [1.807, 2.05) is 0 Å². The van der Waals surface area contributed by atoms with Crippen LogP contribution >= 0.6 is 0 Å². The predicted octanol–water partition coefficient (Wildman–Crippen LogP) is -0.151. The molecule has 1 aromatic heterocycles. The van der Waals surface area contributed by atoms with Crippen LogP contribution in [0.4, 0.5) is 0 Å². The van der Waals surface area contributed by atoms with Crippen LogP contribution in [0.1, 0.15) is 36.2 Å². The van der Waals surface area contributed by atoms with Gasteiger partial charge in [-0.15, -0.1) is 0 Å². The lowest BCUT2D eigenvalue weighted by Gasteiger charge is -2.42. The maximum Gasteiger partial charge on any atom is 0.274 e. The summed E-state index contributed by atoms with van der Waals surface area (Å²) < 4.78 is 4.98. The van der Waals surface area contributed by atoms with Gasteiger partial charge in [-0.2, -0.15) is 5.10 Å². The van der Waals surface area contributed by atoms with Gasteiger partial charge in [0.1, 0.15) is 5.69 Å². The SMILES string of the molecule is COCCNC(=O)[C@H]1CCCN(C2CCN(C(=O)c3ccc(=O)[nH]n3)CC2)C1. The van der Waals surface area contributed by atoms with Gasteiger partial charge in [0.2, 0.25) is 5.91 Å².